The molecule has 0 aliphatic rings. The normalized spacial score (nSPS) is 11.8. The zero-order chi connectivity index (χ0) is 14.5. The van der Waals surface area contributed by atoms with E-state index in [4.69, 9.17) is 0 Å². The van der Waals surface area contributed by atoms with Crippen LogP contribution in [0, 0.1) is 6.92 Å². The lowest BCUT2D eigenvalue weighted by atomic mass is 10.2. The first kappa shape index (κ1) is 15.9. The van der Waals surface area contributed by atoms with Crippen molar-refractivity contribution in [3.8, 4) is 0 Å². The maximum Gasteiger partial charge on any atom is 0.303 e. The molecule has 0 fully saturated rings. The van der Waals surface area contributed by atoms with Crippen LogP contribution in [0.3, 0.4) is 0 Å². The Hall–Kier alpha value is -1.11. The van der Waals surface area contributed by atoms with Gasteiger partial charge in [0, 0.05) is 20.6 Å². The Labute approximate surface area is 116 Å². The molecule has 108 valence electrons. The van der Waals surface area contributed by atoms with Crippen molar-refractivity contribution in [2.45, 2.75) is 13.3 Å². The second-order valence-electron chi connectivity index (χ2n) is 4.54. The topological polar surface area (TPSA) is 52.7 Å². The SMILES string of the molecule is CNCCCN(C)S(=O)(=O)N(C)c1ccccc1C. The van der Waals surface area contributed by atoms with Crippen LogP contribution in [0.2, 0.25) is 0 Å². The lowest BCUT2D eigenvalue weighted by molar-refractivity contribution is 0.457. The first-order valence-electron chi connectivity index (χ1n) is 6.31. The lowest BCUT2D eigenvalue weighted by Crippen LogP contribution is -2.40. The number of para-hydroxylation sites is 1. The Morgan fingerprint density at radius 1 is 1.21 bits per heavy atom. The first-order chi connectivity index (χ1) is 8.91. The van der Waals surface area contributed by atoms with Gasteiger partial charge in [-0.15, -0.1) is 0 Å². The maximum absolute atomic E-state index is 12.4. The van der Waals surface area contributed by atoms with Gasteiger partial charge in [-0.3, -0.25) is 4.31 Å². The van der Waals surface area contributed by atoms with Crippen molar-refractivity contribution in [2.24, 2.45) is 0 Å². The average molecular weight is 285 g/mol. The van der Waals surface area contributed by atoms with Gasteiger partial charge in [-0.2, -0.15) is 12.7 Å². The van der Waals surface area contributed by atoms with E-state index in [0.29, 0.717) is 12.2 Å². The molecule has 0 saturated heterocycles. The zero-order valence-corrected chi connectivity index (χ0v) is 12.9. The smallest absolute Gasteiger partial charge is 0.303 e. The van der Waals surface area contributed by atoms with Crippen molar-refractivity contribution in [1.82, 2.24) is 9.62 Å². The molecule has 19 heavy (non-hydrogen) atoms. The fourth-order valence-electron chi connectivity index (χ4n) is 1.84. The van der Waals surface area contributed by atoms with Gasteiger partial charge in [-0.1, -0.05) is 18.2 Å². The van der Waals surface area contributed by atoms with E-state index in [0.717, 1.165) is 18.5 Å². The molecule has 6 heteroatoms. The third-order valence-corrected chi connectivity index (χ3v) is 4.95. The molecule has 0 saturated carbocycles. The average Bonchev–Trinajstić information content (AvgIpc) is 2.38. The van der Waals surface area contributed by atoms with Crippen LogP contribution in [0.5, 0.6) is 0 Å². The predicted octanol–water partition coefficient (Wildman–Crippen LogP) is 1.22. The monoisotopic (exact) mass is 285 g/mol. The molecule has 0 aromatic heterocycles. The summed E-state index contributed by atoms with van der Waals surface area (Å²) in [4.78, 5) is 0. The fraction of sp³-hybridized carbons (Fsp3) is 0.538. The number of rotatable bonds is 7. The molecule has 1 rings (SSSR count). The molecule has 0 aliphatic carbocycles. The number of benzene rings is 1. The predicted molar refractivity (Wildman–Crippen MR) is 79.7 cm³/mol. The Balaban J connectivity index is 2.85. The standard InChI is InChI=1S/C13H23N3O2S/c1-12-8-5-6-9-13(12)16(4)19(17,18)15(3)11-7-10-14-2/h5-6,8-9,14H,7,10-11H2,1-4H3. The molecule has 0 aliphatic heterocycles. The third kappa shape index (κ3) is 3.92. The number of anilines is 1. The van der Waals surface area contributed by atoms with E-state index in [9.17, 15) is 8.42 Å². The second kappa shape index (κ2) is 6.88. The first-order valence-corrected chi connectivity index (χ1v) is 7.71. The summed E-state index contributed by atoms with van der Waals surface area (Å²) >= 11 is 0. The maximum atomic E-state index is 12.4. The summed E-state index contributed by atoms with van der Waals surface area (Å²) in [6.45, 7) is 3.20. The minimum atomic E-state index is -3.46. The molecule has 1 aromatic carbocycles. The number of nitrogens with zero attached hydrogens (tertiary/aromatic N) is 2. The molecular formula is C13H23N3O2S. The lowest BCUT2D eigenvalue weighted by Gasteiger charge is -2.27. The molecule has 0 amide bonds. The molecular weight excluding hydrogens is 262 g/mol. The summed E-state index contributed by atoms with van der Waals surface area (Å²) < 4.78 is 27.5. The summed E-state index contributed by atoms with van der Waals surface area (Å²) in [6, 6.07) is 7.46. The molecule has 1 N–H and O–H groups in total. The van der Waals surface area contributed by atoms with Gasteiger partial charge in [0.15, 0.2) is 0 Å². The molecule has 1 aromatic rings. The highest BCUT2D eigenvalue weighted by molar-refractivity contribution is 7.90. The number of hydrogen-bond acceptors (Lipinski definition) is 3. The van der Waals surface area contributed by atoms with E-state index >= 15 is 0 Å². The highest BCUT2D eigenvalue weighted by Gasteiger charge is 2.24. The van der Waals surface area contributed by atoms with Crippen LogP contribution in [-0.4, -0.2) is 47.0 Å². The Morgan fingerprint density at radius 2 is 1.84 bits per heavy atom. The van der Waals surface area contributed by atoms with Gasteiger partial charge in [0.05, 0.1) is 5.69 Å². The van der Waals surface area contributed by atoms with Gasteiger partial charge < -0.3 is 5.32 Å². The summed E-state index contributed by atoms with van der Waals surface area (Å²) in [6.07, 6.45) is 0.786. The van der Waals surface area contributed by atoms with Crippen LogP contribution in [0.1, 0.15) is 12.0 Å². The van der Waals surface area contributed by atoms with Crippen molar-refractivity contribution < 1.29 is 8.42 Å². The summed E-state index contributed by atoms with van der Waals surface area (Å²) in [5.74, 6) is 0. The molecule has 5 nitrogen and oxygen atoms in total. The van der Waals surface area contributed by atoms with Crippen LogP contribution in [-0.2, 0) is 10.2 Å². The van der Waals surface area contributed by atoms with Gasteiger partial charge in [-0.25, -0.2) is 0 Å². The number of hydrogen-bond donors (Lipinski definition) is 1. The van der Waals surface area contributed by atoms with Crippen LogP contribution < -0.4 is 9.62 Å². The van der Waals surface area contributed by atoms with Crippen molar-refractivity contribution in [1.29, 1.82) is 0 Å². The number of nitrogens with one attached hydrogen (secondary N) is 1. The van der Waals surface area contributed by atoms with Gasteiger partial charge in [0.1, 0.15) is 0 Å². The van der Waals surface area contributed by atoms with Crippen LogP contribution >= 0.6 is 0 Å². The van der Waals surface area contributed by atoms with Gasteiger partial charge >= 0.3 is 10.2 Å². The van der Waals surface area contributed by atoms with Gasteiger partial charge in [0.2, 0.25) is 0 Å². The van der Waals surface area contributed by atoms with Crippen molar-refractivity contribution in [3.63, 3.8) is 0 Å². The van der Waals surface area contributed by atoms with Crippen molar-refractivity contribution in [3.05, 3.63) is 29.8 Å². The van der Waals surface area contributed by atoms with Crippen molar-refractivity contribution >= 4 is 15.9 Å². The van der Waals surface area contributed by atoms with E-state index in [1.165, 1.54) is 8.61 Å². The van der Waals surface area contributed by atoms with Gasteiger partial charge in [0.25, 0.3) is 0 Å². The molecule has 0 radical (unpaired) electrons. The summed E-state index contributed by atoms with van der Waals surface area (Å²) in [5.41, 5.74) is 1.65. The molecule has 0 spiro atoms. The molecule has 0 bridgehead atoms. The summed E-state index contributed by atoms with van der Waals surface area (Å²) in [7, 11) is 1.60. The Bertz CT molecular complexity index is 502. The van der Waals surface area contributed by atoms with E-state index in [1.54, 1.807) is 14.1 Å². The molecule has 0 unspecified atom stereocenters. The van der Waals surface area contributed by atoms with E-state index in [1.807, 2.05) is 38.2 Å². The van der Waals surface area contributed by atoms with E-state index in [2.05, 4.69) is 5.32 Å². The summed E-state index contributed by atoms with van der Waals surface area (Å²) in [5, 5.41) is 3.01. The molecule has 0 atom stereocenters. The quantitative estimate of drug-likeness (QED) is 0.766. The minimum absolute atomic E-state index is 0.499. The van der Waals surface area contributed by atoms with Crippen LogP contribution in [0.4, 0.5) is 5.69 Å². The van der Waals surface area contributed by atoms with E-state index < -0.39 is 10.2 Å². The minimum Gasteiger partial charge on any atom is -0.320 e. The third-order valence-electron chi connectivity index (χ3n) is 3.09. The largest absolute Gasteiger partial charge is 0.320 e. The zero-order valence-electron chi connectivity index (χ0n) is 12.0. The van der Waals surface area contributed by atoms with Crippen LogP contribution in [0.15, 0.2) is 24.3 Å². The Morgan fingerprint density at radius 3 is 2.42 bits per heavy atom. The highest BCUT2D eigenvalue weighted by atomic mass is 32.2. The Kier molecular flexibility index (Phi) is 5.78. The fourth-order valence-corrected chi connectivity index (χ4v) is 3.08. The highest BCUT2D eigenvalue weighted by Crippen LogP contribution is 2.21. The number of aryl methyl sites for hydroxylation is 1. The molecule has 0 heterocycles. The van der Waals surface area contributed by atoms with Crippen LogP contribution in [0.25, 0.3) is 0 Å². The van der Waals surface area contributed by atoms with Gasteiger partial charge in [-0.05, 0) is 38.6 Å². The van der Waals surface area contributed by atoms with E-state index in [-0.39, 0.29) is 0 Å². The van der Waals surface area contributed by atoms with Crippen molar-refractivity contribution in [2.75, 3.05) is 38.5 Å². The second-order valence-corrected chi connectivity index (χ2v) is 6.61.